The number of nitrogens with one attached hydrogen (secondary N) is 1. The van der Waals surface area contributed by atoms with Gasteiger partial charge in [0.25, 0.3) is 5.69 Å². The number of alkyl carbamates (subject to hydrolysis) is 1. The highest BCUT2D eigenvalue weighted by Gasteiger charge is 2.27. The summed E-state index contributed by atoms with van der Waals surface area (Å²) in [5.41, 5.74) is 0.819. The number of ether oxygens (including phenoxy) is 1. The van der Waals surface area contributed by atoms with Crippen LogP contribution in [0.2, 0.25) is 0 Å². The molecule has 1 saturated heterocycles. The summed E-state index contributed by atoms with van der Waals surface area (Å²) in [5.74, 6) is 1.19. The summed E-state index contributed by atoms with van der Waals surface area (Å²) in [6.07, 6.45) is 1.46. The van der Waals surface area contributed by atoms with Gasteiger partial charge in [-0.1, -0.05) is 12.1 Å². The topological polar surface area (TPSA) is 110 Å². The van der Waals surface area contributed by atoms with E-state index in [4.69, 9.17) is 4.74 Å². The third-order valence-electron chi connectivity index (χ3n) is 4.71. The second-order valence-corrected chi connectivity index (χ2v) is 8.37. The van der Waals surface area contributed by atoms with Gasteiger partial charge in [0.2, 0.25) is 0 Å². The smallest absolute Gasteiger partial charge is 0.407 e. The van der Waals surface area contributed by atoms with Crippen LogP contribution in [0.15, 0.2) is 30.3 Å². The van der Waals surface area contributed by atoms with Crippen molar-refractivity contribution in [1.82, 2.24) is 15.3 Å². The maximum atomic E-state index is 12.0. The monoisotopic (exact) mass is 413 g/mol. The first-order chi connectivity index (χ1) is 14.1. The van der Waals surface area contributed by atoms with Crippen molar-refractivity contribution in [2.45, 2.75) is 52.2 Å². The van der Waals surface area contributed by atoms with E-state index in [0.717, 1.165) is 30.9 Å². The van der Waals surface area contributed by atoms with E-state index in [-0.39, 0.29) is 11.7 Å². The molecule has 30 heavy (non-hydrogen) atoms. The van der Waals surface area contributed by atoms with E-state index in [2.05, 4.69) is 20.2 Å². The number of rotatable bonds is 5. The van der Waals surface area contributed by atoms with Crippen LogP contribution < -0.4 is 10.2 Å². The molecule has 0 bridgehead atoms. The molecule has 0 unspecified atom stereocenters. The van der Waals surface area contributed by atoms with Crippen LogP contribution in [0.1, 0.15) is 39.3 Å². The minimum Gasteiger partial charge on any atom is -0.444 e. The minimum atomic E-state index is -0.545. The maximum absolute atomic E-state index is 12.0. The molecule has 9 nitrogen and oxygen atoms in total. The molecule has 0 saturated carbocycles. The lowest BCUT2D eigenvalue weighted by molar-refractivity contribution is -0.384. The first kappa shape index (κ1) is 21.5. The molecule has 1 atom stereocenters. The quantitative estimate of drug-likeness (QED) is 0.585. The molecular formula is C21H27N5O4. The number of aryl methyl sites for hydroxylation is 1. The molecule has 1 aliphatic heterocycles. The molecule has 2 aromatic rings. The van der Waals surface area contributed by atoms with Crippen molar-refractivity contribution in [3.05, 3.63) is 46.1 Å². The van der Waals surface area contributed by atoms with E-state index in [9.17, 15) is 14.9 Å². The lowest BCUT2D eigenvalue weighted by Gasteiger charge is -2.27. The first-order valence-corrected chi connectivity index (χ1v) is 9.96. The van der Waals surface area contributed by atoms with Gasteiger partial charge in [-0.2, -0.15) is 0 Å². The van der Waals surface area contributed by atoms with Gasteiger partial charge in [0, 0.05) is 48.6 Å². The number of aromatic nitrogens is 2. The molecule has 9 heteroatoms. The molecule has 1 N–H and O–H groups in total. The number of non-ortho nitro benzene ring substituents is 1. The van der Waals surface area contributed by atoms with Crippen molar-refractivity contribution in [2.24, 2.45) is 0 Å². The number of nitro groups is 1. The van der Waals surface area contributed by atoms with Crippen LogP contribution in [-0.2, 0) is 4.74 Å². The highest BCUT2D eigenvalue weighted by Crippen LogP contribution is 2.28. The number of hydrogen-bond acceptors (Lipinski definition) is 7. The molecule has 1 aromatic heterocycles. The number of carbonyl (C=O) groups excluding carboxylic acids is 1. The zero-order valence-electron chi connectivity index (χ0n) is 17.7. The Balaban J connectivity index is 1.79. The van der Waals surface area contributed by atoms with Gasteiger partial charge in [-0.25, -0.2) is 14.8 Å². The van der Waals surface area contributed by atoms with Crippen LogP contribution in [0, 0.1) is 17.0 Å². The second-order valence-electron chi connectivity index (χ2n) is 8.37. The van der Waals surface area contributed by atoms with E-state index in [1.54, 1.807) is 12.1 Å². The van der Waals surface area contributed by atoms with Gasteiger partial charge in [0.1, 0.15) is 11.4 Å². The van der Waals surface area contributed by atoms with Crippen LogP contribution in [-0.4, -0.2) is 45.7 Å². The van der Waals surface area contributed by atoms with Gasteiger partial charge in [0.05, 0.1) is 4.92 Å². The van der Waals surface area contributed by atoms with Gasteiger partial charge in [-0.3, -0.25) is 10.1 Å². The van der Waals surface area contributed by atoms with Crippen LogP contribution in [0.3, 0.4) is 0 Å². The Morgan fingerprint density at radius 1 is 1.33 bits per heavy atom. The summed E-state index contributed by atoms with van der Waals surface area (Å²) in [5, 5.41) is 13.9. The summed E-state index contributed by atoms with van der Waals surface area (Å²) in [4.78, 5) is 34.0. The van der Waals surface area contributed by atoms with Gasteiger partial charge < -0.3 is 15.0 Å². The van der Waals surface area contributed by atoms with Gasteiger partial charge in [0.15, 0.2) is 5.82 Å². The van der Waals surface area contributed by atoms with Crippen molar-refractivity contribution in [3.8, 4) is 11.4 Å². The molecule has 2 heterocycles. The largest absolute Gasteiger partial charge is 0.444 e. The Hall–Kier alpha value is -3.23. The number of amides is 1. The first-order valence-electron chi connectivity index (χ1n) is 9.96. The fourth-order valence-corrected chi connectivity index (χ4v) is 3.45. The minimum absolute atomic E-state index is 0.000217. The molecule has 3 rings (SSSR count). The second kappa shape index (κ2) is 8.64. The lowest BCUT2D eigenvalue weighted by Crippen LogP contribution is -2.42. The van der Waals surface area contributed by atoms with E-state index < -0.39 is 16.6 Å². The van der Waals surface area contributed by atoms with Crippen LogP contribution in [0.4, 0.5) is 16.3 Å². The number of nitrogens with zero attached hydrogens (tertiary/aromatic N) is 4. The number of anilines is 1. The number of hydrogen-bond donors (Lipinski definition) is 1. The Labute approximate surface area is 175 Å². The molecule has 160 valence electrons. The summed E-state index contributed by atoms with van der Waals surface area (Å²) in [6, 6.07) is 8.29. The van der Waals surface area contributed by atoms with Gasteiger partial charge in [-0.15, -0.1) is 0 Å². The Morgan fingerprint density at radius 2 is 2.10 bits per heavy atom. The predicted molar refractivity (Wildman–Crippen MR) is 113 cm³/mol. The average Bonchev–Trinajstić information content (AvgIpc) is 3.13. The standard InChI is InChI=1S/C21H27N5O4/c1-14-11-18(24-19(23-14)15-7-5-8-16(12-15)26(28)29)25-10-6-9-17(25)13-22-20(27)30-21(2,3)4/h5,7-8,11-12,17H,6,9-10,13H2,1-4H3,(H,22,27)/t17-/m1/s1. The third kappa shape index (κ3) is 5.43. The Kier molecular flexibility index (Phi) is 6.19. The van der Waals surface area contributed by atoms with Crippen molar-refractivity contribution in [3.63, 3.8) is 0 Å². The molecule has 1 fully saturated rings. The maximum Gasteiger partial charge on any atom is 0.407 e. The normalized spacial score (nSPS) is 16.4. The van der Waals surface area contributed by atoms with E-state index in [0.29, 0.717) is 17.9 Å². The zero-order valence-corrected chi connectivity index (χ0v) is 17.7. The highest BCUT2D eigenvalue weighted by atomic mass is 16.6. The molecule has 1 aromatic carbocycles. The van der Waals surface area contributed by atoms with Crippen molar-refractivity contribution in [2.75, 3.05) is 18.0 Å². The van der Waals surface area contributed by atoms with Crippen molar-refractivity contribution in [1.29, 1.82) is 0 Å². The fourth-order valence-electron chi connectivity index (χ4n) is 3.45. The Bertz CT molecular complexity index is 941. The molecular weight excluding hydrogens is 386 g/mol. The van der Waals surface area contributed by atoms with Crippen LogP contribution in [0.5, 0.6) is 0 Å². The highest BCUT2D eigenvalue weighted by molar-refractivity contribution is 5.68. The third-order valence-corrected chi connectivity index (χ3v) is 4.71. The molecule has 0 aliphatic carbocycles. The summed E-state index contributed by atoms with van der Waals surface area (Å²) < 4.78 is 5.32. The SMILES string of the molecule is Cc1cc(N2CCC[C@@H]2CNC(=O)OC(C)(C)C)nc(-c2cccc([N+](=O)[O-])c2)n1. The molecule has 1 aliphatic rings. The number of carbonyl (C=O) groups is 1. The van der Waals surface area contributed by atoms with Crippen molar-refractivity contribution >= 4 is 17.6 Å². The number of benzene rings is 1. The van der Waals surface area contributed by atoms with Crippen LogP contribution in [0.25, 0.3) is 11.4 Å². The summed E-state index contributed by atoms with van der Waals surface area (Å²) in [6.45, 7) is 8.61. The van der Waals surface area contributed by atoms with Gasteiger partial charge >= 0.3 is 6.09 Å². The predicted octanol–water partition coefficient (Wildman–Crippen LogP) is 3.85. The van der Waals surface area contributed by atoms with E-state index in [1.807, 2.05) is 33.8 Å². The molecule has 1 amide bonds. The average molecular weight is 413 g/mol. The van der Waals surface area contributed by atoms with E-state index in [1.165, 1.54) is 12.1 Å². The summed E-state index contributed by atoms with van der Waals surface area (Å²) in [7, 11) is 0. The van der Waals surface area contributed by atoms with Gasteiger partial charge in [-0.05, 0) is 40.5 Å². The van der Waals surface area contributed by atoms with E-state index >= 15 is 0 Å². The molecule has 0 spiro atoms. The fraction of sp³-hybridized carbons (Fsp3) is 0.476. The molecule has 0 radical (unpaired) electrons. The number of nitro benzene ring substituents is 1. The zero-order chi connectivity index (χ0) is 21.9. The van der Waals surface area contributed by atoms with Crippen molar-refractivity contribution < 1.29 is 14.5 Å². The Morgan fingerprint density at radius 3 is 2.80 bits per heavy atom. The van der Waals surface area contributed by atoms with Crippen LogP contribution >= 0.6 is 0 Å². The lowest BCUT2D eigenvalue weighted by atomic mass is 10.2. The summed E-state index contributed by atoms with van der Waals surface area (Å²) >= 11 is 0.